The van der Waals surface area contributed by atoms with Gasteiger partial charge in [0.15, 0.2) is 17.6 Å². The summed E-state index contributed by atoms with van der Waals surface area (Å²) >= 11 is 0. The van der Waals surface area contributed by atoms with E-state index in [9.17, 15) is 35.9 Å². The molecule has 0 spiro atoms. The Morgan fingerprint density at radius 3 is 2.64 bits per heavy atom. The highest BCUT2D eigenvalue weighted by molar-refractivity contribution is 5.74. The van der Waals surface area contributed by atoms with Crippen LogP contribution in [0, 0.1) is 11.8 Å². The Labute approximate surface area is 195 Å². The van der Waals surface area contributed by atoms with Gasteiger partial charge in [0.1, 0.15) is 5.69 Å². The Bertz CT molecular complexity index is 1580. The standard InChI is InChI=1S/C20H13F6N7O3/c21-10-4-27-15(1-8(10)16(23)24)36-13-6-32(7-20(13,25)26)12-2-11(9-3-29-19(35)30-18(9)34)31-33-14(22)5-28-17(12)33/h1-5,13,16H,6-7H2,(H2,29,30,34,35)/t13-/m0/s1. The van der Waals surface area contributed by atoms with Crippen LogP contribution in [0.4, 0.5) is 32.0 Å². The molecule has 2 N–H and O–H groups in total. The molecule has 1 aliphatic rings. The highest BCUT2D eigenvalue weighted by Crippen LogP contribution is 2.37. The Hall–Kier alpha value is -4.37. The first-order valence-electron chi connectivity index (χ1n) is 10.1. The van der Waals surface area contributed by atoms with Crippen LogP contribution in [-0.4, -0.2) is 54.7 Å². The summed E-state index contributed by atoms with van der Waals surface area (Å²) in [4.78, 5) is 36.1. The largest absolute Gasteiger partial charge is 0.466 e. The zero-order chi connectivity index (χ0) is 25.8. The van der Waals surface area contributed by atoms with Gasteiger partial charge in [0.25, 0.3) is 12.0 Å². The number of hydrogen-bond acceptors (Lipinski definition) is 7. The molecule has 5 rings (SSSR count). The number of aromatic amines is 2. The number of H-pyrrole nitrogens is 2. The Kier molecular flexibility index (Phi) is 5.44. The lowest BCUT2D eigenvalue weighted by molar-refractivity contribution is -0.0610. The molecule has 0 amide bonds. The number of hydrogen-bond donors (Lipinski definition) is 2. The van der Waals surface area contributed by atoms with Crippen LogP contribution < -0.4 is 20.9 Å². The van der Waals surface area contributed by atoms with E-state index < -0.39 is 66.0 Å². The lowest BCUT2D eigenvalue weighted by Gasteiger charge is -2.19. The number of fused-ring (bicyclic) bond motifs is 1. The number of rotatable bonds is 5. The van der Waals surface area contributed by atoms with E-state index in [-0.39, 0.29) is 22.6 Å². The van der Waals surface area contributed by atoms with Crippen LogP contribution in [0.3, 0.4) is 0 Å². The van der Waals surface area contributed by atoms with Crippen molar-refractivity contribution in [2.75, 3.05) is 18.0 Å². The van der Waals surface area contributed by atoms with Gasteiger partial charge in [-0.3, -0.25) is 9.78 Å². The van der Waals surface area contributed by atoms with Gasteiger partial charge in [-0.05, 0) is 6.07 Å². The number of nitrogens with one attached hydrogen (secondary N) is 2. The normalized spacial score (nSPS) is 17.3. The lowest BCUT2D eigenvalue weighted by Crippen LogP contribution is -2.36. The van der Waals surface area contributed by atoms with E-state index in [4.69, 9.17) is 4.74 Å². The second-order valence-corrected chi connectivity index (χ2v) is 7.81. The van der Waals surface area contributed by atoms with Gasteiger partial charge in [-0.1, -0.05) is 0 Å². The van der Waals surface area contributed by atoms with Gasteiger partial charge in [-0.2, -0.15) is 14.0 Å². The van der Waals surface area contributed by atoms with Crippen molar-refractivity contribution in [1.82, 2.24) is 29.5 Å². The van der Waals surface area contributed by atoms with Crippen molar-refractivity contribution in [3.63, 3.8) is 0 Å². The molecule has 16 heteroatoms. The third kappa shape index (κ3) is 4.03. The monoisotopic (exact) mass is 513 g/mol. The zero-order valence-corrected chi connectivity index (χ0v) is 17.7. The molecule has 1 atom stereocenters. The number of aromatic nitrogens is 6. The molecule has 0 aromatic carbocycles. The molecule has 1 saturated heterocycles. The van der Waals surface area contributed by atoms with Crippen LogP contribution >= 0.6 is 0 Å². The number of anilines is 1. The molecule has 0 bridgehead atoms. The minimum atomic E-state index is -3.55. The van der Waals surface area contributed by atoms with Crippen molar-refractivity contribution in [2.45, 2.75) is 18.5 Å². The Balaban J connectivity index is 1.53. The second kappa shape index (κ2) is 8.39. The topological polar surface area (TPSA) is 121 Å². The number of nitrogens with zero attached hydrogens (tertiary/aromatic N) is 5. The molecule has 0 aliphatic carbocycles. The molecule has 1 fully saturated rings. The Morgan fingerprint density at radius 2 is 1.92 bits per heavy atom. The van der Waals surface area contributed by atoms with Crippen molar-refractivity contribution >= 4 is 11.3 Å². The van der Waals surface area contributed by atoms with Crippen molar-refractivity contribution < 1.29 is 31.1 Å². The predicted octanol–water partition coefficient (Wildman–Crippen LogP) is 2.29. The van der Waals surface area contributed by atoms with Crippen LogP contribution in [0.2, 0.25) is 0 Å². The first-order chi connectivity index (χ1) is 17.0. The van der Waals surface area contributed by atoms with Gasteiger partial charge < -0.3 is 14.6 Å². The number of imidazole rings is 1. The highest BCUT2D eigenvalue weighted by Gasteiger charge is 2.51. The molecule has 36 heavy (non-hydrogen) atoms. The minimum Gasteiger partial charge on any atom is -0.466 e. The van der Waals surface area contributed by atoms with Gasteiger partial charge in [-0.25, -0.2) is 36.7 Å². The molecule has 4 aromatic rings. The molecule has 1 aliphatic heterocycles. The SMILES string of the molecule is O=c1[nH]cc(-c2cc(N3C[C@H](Oc4cc(C(F)F)c(F)cn4)C(F)(F)C3)c3ncc(F)n3n2)c(=O)[nH]1. The first kappa shape index (κ1) is 23.4. The summed E-state index contributed by atoms with van der Waals surface area (Å²) < 4.78 is 89.3. The fourth-order valence-electron chi connectivity index (χ4n) is 3.76. The zero-order valence-electron chi connectivity index (χ0n) is 17.7. The molecule has 5 heterocycles. The third-order valence-corrected chi connectivity index (χ3v) is 5.46. The molecule has 0 radical (unpaired) electrons. The lowest BCUT2D eigenvalue weighted by atomic mass is 10.2. The molecule has 188 valence electrons. The fourth-order valence-corrected chi connectivity index (χ4v) is 3.76. The van der Waals surface area contributed by atoms with Gasteiger partial charge in [0.05, 0.1) is 42.3 Å². The molecular formula is C20H13F6N7O3. The van der Waals surface area contributed by atoms with Crippen molar-refractivity contribution in [2.24, 2.45) is 0 Å². The Morgan fingerprint density at radius 1 is 1.14 bits per heavy atom. The maximum absolute atomic E-state index is 14.9. The van der Waals surface area contributed by atoms with Crippen LogP contribution in [0.15, 0.2) is 40.3 Å². The quantitative estimate of drug-likeness (QED) is 0.393. The summed E-state index contributed by atoms with van der Waals surface area (Å²) in [6.45, 7) is -1.50. The number of pyridine rings is 1. The van der Waals surface area contributed by atoms with Gasteiger partial charge in [-0.15, -0.1) is 0 Å². The summed E-state index contributed by atoms with van der Waals surface area (Å²) in [5.41, 5.74) is -3.28. The summed E-state index contributed by atoms with van der Waals surface area (Å²) in [7, 11) is 0. The maximum Gasteiger partial charge on any atom is 0.325 e. The number of halogens is 6. The summed E-state index contributed by atoms with van der Waals surface area (Å²) in [5.74, 6) is -6.46. The second-order valence-electron chi connectivity index (χ2n) is 7.81. The smallest absolute Gasteiger partial charge is 0.325 e. The van der Waals surface area contributed by atoms with Crippen LogP contribution in [0.1, 0.15) is 12.0 Å². The van der Waals surface area contributed by atoms with Gasteiger partial charge in [0, 0.05) is 12.3 Å². The van der Waals surface area contributed by atoms with Crippen LogP contribution in [0.25, 0.3) is 16.9 Å². The molecule has 0 saturated carbocycles. The van der Waals surface area contributed by atoms with E-state index in [0.717, 1.165) is 17.3 Å². The molecule has 10 nitrogen and oxygen atoms in total. The van der Waals surface area contributed by atoms with E-state index in [1.807, 2.05) is 4.98 Å². The van der Waals surface area contributed by atoms with Gasteiger partial charge in [0.2, 0.25) is 11.8 Å². The van der Waals surface area contributed by atoms with E-state index in [0.29, 0.717) is 16.8 Å². The molecular weight excluding hydrogens is 500 g/mol. The van der Waals surface area contributed by atoms with Crippen molar-refractivity contribution in [3.05, 3.63) is 68.9 Å². The summed E-state index contributed by atoms with van der Waals surface area (Å²) in [6, 6.07) is 1.74. The third-order valence-electron chi connectivity index (χ3n) is 5.46. The first-order valence-corrected chi connectivity index (χ1v) is 10.1. The van der Waals surface area contributed by atoms with E-state index in [2.05, 4.69) is 20.1 Å². The van der Waals surface area contributed by atoms with Gasteiger partial charge >= 0.3 is 11.6 Å². The van der Waals surface area contributed by atoms with E-state index in [1.165, 1.54) is 6.07 Å². The number of alkyl halides is 4. The maximum atomic E-state index is 14.9. The van der Waals surface area contributed by atoms with Crippen molar-refractivity contribution in [1.29, 1.82) is 0 Å². The minimum absolute atomic E-state index is 0.0550. The predicted molar refractivity (Wildman–Crippen MR) is 110 cm³/mol. The van der Waals surface area contributed by atoms with E-state index in [1.54, 1.807) is 0 Å². The summed E-state index contributed by atoms with van der Waals surface area (Å²) in [5, 5.41) is 3.96. The fraction of sp³-hybridized carbons (Fsp3) is 0.250. The summed E-state index contributed by atoms with van der Waals surface area (Å²) in [6.07, 6.45) is -2.86. The van der Waals surface area contributed by atoms with Crippen molar-refractivity contribution in [3.8, 4) is 17.1 Å². The average Bonchev–Trinajstić information content (AvgIpc) is 3.33. The average molecular weight is 513 g/mol. The number of ether oxygens (including phenoxy) is 1. The van der Waals surface area contributed by atoms with E-state index >= 15 is 0 Å². The van der Waals surface area contributed by atoms with Crippen LogP contribution in [0.5, 0.6) is 5.88 Å². The molecule has 0 unspecified atom stereocenters. The highest BCUT2D eigenvalue weighted by atomic mass is 19.3. The van der Waals surface area contributed by atoms with Crippen LogP contribution in [-0.2, 0) is 0 Å². The molecule has 4 aromatic heterocycles.